The summed E-state index contributed by atoms with van der Waals surface area (Å²) in [4.78, 5) is 14.2. The van der Waals surface area contributed by atoms with Crippen molar-refractivity contribution in [2.45, 2.75) is 13.3 Å². The average Bonchev–Trinajstić information content (AvgIpc) is 2.35. The van der Waals surface area contributed by atoms with Crippen LogP contribution in [0.4, 0.5) is 5.69 Å². The lowest BCUT2D eigenvalue weighted by molar-refractivity contribution is 0.0951. The summed E-state index contributed by atoms with van der Waals surface area (Å²) >= 11 is 0. The number of benzene rings is 1. The molecule has 6 nitrogen and oxygen atoms in total. The molecule has 1 rings (SSSR count). The summed E-state index contributed by atoms with van der Waals surface area (Å²) in [6, 6.07) is 4.98. The van der Waals surface area contributed by atoms with E-state index in [2.05, 4.69) is 10.0 Å². The van der Waals surface area contributed by atoms with Gasteiger partial charge in [-0.15, -0.1) is 0 Å². The first kappa shape index (κ1) is 17.5. The van der Waals surface area contributed by atoms with Crippen LogP contribution in [-0.4, -0.2) is 52.7 Å². The zero-order chi connectivity index (χ0) is 16.0. The SMILES string of the molecule is Cc1c(NS(C)(=O)=O)cccc1C(=O)NCCCN(C)C. The first-order valence-corrected chi connectivity index (χ1v) is 8.60. The van der Waals surface area contributed by atoms with Crippen LogP contribution in [0.2, 0.25) is 0 Å². The van der Waals surface area contributed by atoms with Crippen molar-refractivity contribution < 1.29 is 13.2 Å². The van der Waals surface area contributed by atoms with Crippen molar-refractivity contribution in [2.24, 2.45) is 0 Å². The van der Waals surface area contributed by atoms with Crippen LogP contribution in [-0.2, 0) is 10.0 Å². The third kappa shape index (κ3) is 6.14. The molecule has 0 aliphatic rings. The highest BCUT2D eigenvalue weighted by molar-refractivity contribution is 7.92. The summed E-state index contributed by atoms with van der Waals surface area (Å²) in [5.74, 6) is -0.191. The Hall–Kier alpha value is -1.60. The number of carbonyl (C=O) groups excluding carboxylic acids is 1. The average molecular weight is 313 g/mol. The summed E-state index contributed by atoms with van der Waals surface area (Å²) in [5.41, 5.74) is 1.53. The fourth-order valence-electron chi connectivity index (χ4n) is 1.88. The predicted molar refractivity (Wildman–Crippen MR) is 85.1 cm³/mol. The van der Waals surface area contributed by atoms with E-state index in [1.165, 1.54) is 0 Å². The minimum atomic E-state index is -3.36. The molecule has 1 aromatic rings. The first-order valence-electron chi connectivity index (χ1n) is 6.71. The molecule has 118 valence electrons. The summed E-state index contributed by atoms with van der Waals surface area (Å²) in [6.07, 6.45) is 1.94. The van der Waals surface area contributed by atoms with Crippen LogP contribution in [0.25, 0.3) is 0 Å². The quantitative estimate of drug-likeness (QED) is 0.738. The molecule has 2 N–H and O–H groups in total. The fraction of sp³-hybridized carbons (Fsp3) is 0.500. The van der Waals surface area contributed by atoms with E-state index in [0.29, 0.717) is 23.4 Å². The monoisotopic (exact) mass is 313 g/mol. The molecule has 0 spiro atoms. The lowest BCUT2D eigenvalue weighted by atomic mass is 10.1. The van der Waals surface area contributed by atoms with Gasteiger partial charge in [0.2, 0.25) is 10.0 Å². The van der Waals surface area contributed by atoms with E-state index < -0.39 is 10.0 Å². The third-order valence-electron chi connectivity index (χ3n) is 2.94. The zero-order valence-corrected chi connectivity index (χ0v) is 13.8. The van der Waals surface area contributed by atoms with Gasteiger partial charge in [-0.2, -0.15) is 0 Å². The van der Waals surface area contributed by atoms with Gasteiger partial charge in [0.1, 0.15) is 0 Å². The van der Waals surface area contributed by atoms with E-state index >= 15 is 0 Å². The topological polar surface area (TPSA) is 78.5 Å². The maximum absolute atomic E-state index is 12.1. The minimum absolute atomic E-state index is 0.191. The van der Waals surface area contributed by atoms with Crippen molar-refractivity contribution >= 4 is 21.6 Å². The van der Waals surface area contributed by atoms with E-state index in [9.17, 15) is 13.2 Å². The van der Waals surface area contributed by atoms with Crippen LogP contribution < -0.4 is 10.0 Å². The lowest BCUT2D eigenvalue weighted by Crippen LogP contribution is -2.28. The number of nitrogens with one attached hydrogen (secondary N) is 2. The number of nitrogens with zero attached hydrogens (tertiary/aromatic N) is 1. The van der Waals surface area contributed by atoms with E-state index in [-0.39, 0.29) is 5.91 Å². The van der Waals surface area contributed by atoms with Crippen LogP contribution in [0.1, 0.15) is 22.3 Å². The van der Waals surface area contributed by atoms with Crippen LogP contribution >= 0.6 is 0 Å². The molecule has 0 aliphatic carbocycles. The Morgan fingerprint density at radius 1 is 1.29 bits per heavy atom. The minimum Gasteiger partial charge on any atom is -0.352 e. The van der Waals surface area contributed by atoms with Gasteiger partial charge < -0.3 is 10.2 Å². The predicted octanol–water partition coefficient (Wildman–Crippen LogP) is 1.05. The molecule has 0 saturated carbocycles. The molecule has 0 atom stereocenters. The van der Waals surface area contributed by atoms with Gasteiger partial charge in [-0.25, -0.2) is 8.42 Å². The van der Waals surface area contributed by atoms with Crippen molar-refractivity contribution in [3.8, 4) is 0 Å². The smallest absolute Gasteiger partial charge is 0.251 e. The molecule has 21 heavy (non-hydrogen) atoms. The van der Waals surface area contributed by atoms with Crippen molar-refractivity contribution in [1.29, 1.82) is 0 Å². The molecule has 0 radical (unpaired) electrons. The van der Waals surface area contributed by atoms with Crippen molar-refractivity contribution in [3.05, 3.63) is 29.3 Å². The highest BCUT2D eigenvalue weighted by atomic mass is 32.2. The van der Waals surface area contributed by atoms with Crippen LogP contribution in [0.3, 0.4) is 0 Å². The van der Waals surface area contributed by atoms with Gasteiger partial charge in [-0.1, -0.05) is 6.07 Å². The number of amides is 1. The van der Waals surface area contributed by atoms with Crippen molar-refractivity contribution in [3.63, 3.8) is 0 Å². The highest BCUT2D eigenvalue weighted by Gasteiger charge is 2.13. The van der Waals surface area contributed by atoms with E-state index in [1.807, 2.05) is 19.0 Å². The van der Waals surface area contributed by atoms with Gasteiger partial charge >= 0.3 is 0 Å². The highest BCUT2D eigenvalue weighted by Crippen LogP contribution is 2.19. The summed E-state index contributed by atoms with van der Waals surface area (Å²) in [6.45, 7) is 3.21. The van der Waals surface area contributed by atoms with E-state index in [1.54, 1.807) is 25.1 Å². The first-order chi connectivity index (χ1) is 9.70. The van der Waals surface area contributed by atoms with Gasteiger partial charge in [0, 0.05) is 12.1 Å². The summed E-state index contributed by atoms with van der Waals surface area (Å²) in [5, 5.41) is 2.84. The second kappa shape index (κ2) is 7.42. The van der Waals surface area contributed by atoms with Crippen molar-refractivity contribution in [2.75, 3.05) is 38.2 Å². The maximum Gasteiger partial charge on any atom is 0.251 e. The second-order valence-corrected chi connectivity index (χ2v) is 7.01. The van der Waals surface area contributed by atoms with Gasteiger partial charge in [-0.3, -0.25) is 9.52 Å². The number of hydrogen-bond donors (Lipinski definition) is 2. The lowest BCUT2D eigenvalue weighted by Gasteiger charge is -2.13. The van der Waals surface area contributed by atoms with Crippen LogP contribution in [0, 0.1) is 6.92 Å². The summed E-state index contributed by atoms with van der Waals surface area (Å²) in [7, 11) is 0.597. The Balaban J connectivity index is 2.74. The number of carbonyl (C=O) groups is 1. The standard InChI is InChI=1S/C14H23N3O3S/c1-11-12(14(18)15-9-6-10-17(2)3)7-5-8-13(11)16-21(4,19)20/h5,7-8,16H,6,9-10H2,1-4H3,(H,15,18). The maximum atomic E-state index is 12.1. The molecule has 0 heterocycles. The molecule has 1 aromatic carbocycles. The fourth-order valence-corrected chi connectivity index (χ4v) is 2.50. The van der Waals surface area contributed by atoms with Gasteiger partial charge in [-0.05, 0) is 51.7 Å². The van der Waals surface area contributed by atoms with Gasteiger partial charge in [0.05, 0.1) is 11.9 Å². The number of anilines is 1. The Labute approximate surface area is 126 Å². The zero-order valence-electron chi connectivity index (χ0n) is 12.9. The van der Waals surface area contributed by atoms with E-state index in [4.69, 9.17) is 0 Å². The molecule has 0 unspecified atom stereocenters. The molecule has 0 bridgehead atoms. The van der Waals surface area contributed by atoms with Crippen LogP contribution in [0.5, 0.6) is 0 Å². The third-order valence-corrected chi connectivity index (χ3v) is 3.53. The number of sulfonamides is 1. The molecule has 0 aliphatic heterocycles. The van der Waals surface area contributed by atoms with Gasteiger partial charge in [0.25, 0.3) is 5.91 Å². The Kier molecular flexibility index (Phi) is 6.17. The van der Waals surface area contributed by atoms with Crippen LogP contribution in [0.15, 0.2) is 18.2 Å². The number of hydrogen-bond acceptors (Lipinski definition) is 4. The molecule has 7 heteroatoms. The Bertz CT molecular complexity index is 597. The molecule has 0 aromatic heterocycles. The van der Waals surface area contributed by atoms with Crippen molar-refractivity contribution in [1.82, 2.24) is 10.2 Å². The molecule has 0 fully saturated rings. The number of rotatable bonds is 7. The van der Waals surface area contributed by atoms with Gasteiger partial charge in [0.15, 0.2) is 0 Å². The van der Waals surface area contributed by atoms with E-state index in [0.717, 1.165) is 19.2 Å². The molecule has 1 amide bonds. The normalized spacial score (nSPS) is 11.5. The Morgan fingerprint density at radius 2 is 1.95 bits per heavy atom. The second-order valence-electron chi connectivity index (χ2n) is 5.27. The molecule has 0 saturated heterocycles. The Morgan fingerprint density at radius 3 is 2.52 bits per heavy atom. The molecular weight excluding hydrogens is 290 g/mol. The molecular formula is C14H23N3O3S. The summed E-state index contributed by atoms with van der Waals surface area (Å²) < 4.78 is 25.0. The largest absolute Gasteiger partial charge is 0.352 e.